The van der Waals surface area contributed by atoms with Crippen LogP contribution in [0.5, 0.6) is 5.75 Å². The van der Waals surface area contributed by atoms with E-state index in [9.17, 15) is 0 Å². The first-order valence-corrected chi connectivity index (χ1v) is 10.3. The van der Waals surface area contributed by atoms with Crippen LogP contribution in [0.4, 0.5) is 0 Å². The van der Waals surface area contributed by atoms with E-state index < -0.39 is 0 Å². The third-order valence-electron chi connectivity index (χ3n) is 4.95. The fraction of sp³-hybridized carbons (Fsp3) is 0.435. The molecule has 1 fully saturated rings. The fourth-order valence-electron chi connectivity index (χ4n) is 3.31. The number of hydrogen-bond donors (Lipinski definition) is 2. The molecular weight excluding hydrogens is 491 g/mol. The van der Waals surface area contributed by atoms with Crippen LogP contribution < -0.4 is 15.4 Å². The van der Waals surface area contributed by atoms with Gasteiger partial charge in [-0.3, -0.25) is 9.89 Å². The van der Waals surface area contributed by atoms with Crippen molar-refractivity contribution < 1.29 is 9.47 Å². The van der Waals surface area contributed by atoms with E-state index in [-0.39, 0.29) is 24.0 Å². The number of benzene rings is 2. The van der Waals surface area contributed by atoms with Gasteiger partial charge in [0.1, 0.15) is 12.4 Å². The topological polar surface area (TPSA) is 58.1 Å². The van der Waals surface area contributed by atoms with Crippen molar-refractivity contribution >= 4 is 29.9 Å². The number of halogens is 1. The number of ether oxygens (including phenoxy) is 2. The van der Waals surface area contributed by atoms with Crippen LogP contribution in [0.2, 0.25) is 0 Å². The average Bonchev–Trinajstić information content (AvgIpc) is 2.75. The summed E-state index contributed by atoms with van der Waals surface area (Å²) < 4.78 is 11.5. The van der Waals surface area contributed by atoms with Gasteiger partial charge in [-0.2, -0.15) is 0 Å². The maximum atomic E-state index is 6.07. The number of rotatable bonds is 8. The Morgan fingerprint density at radius 3 is 2.60 bits per heavy atom. The standard InChI is InChI=1S/C23H32N4O2.HI/c1-19-6-5-7-20(16-19)17-25-23(24-2)26-18-21-8-3-4-9-22(21)29-15-12-27-10-13-28-14-11-27;/h3-9,16H,10-15,17-18H2,1-2H3,(H2,24,25,26);1H. The SMILES string of the molecule is CN=C(NCc1cccc(C)c1)NCc1ccccc1OCCN1CCOCC1.I. The molecule has 2 aromatic carbocycles. The molecule has 0 atom stereocenters. The second-order valence-electron chi connectivity index (χ2n) is 7.18. The number of hydrogen-bond acceptors (Lipinski definition) is 4. The van der Waals surface area contributed by atoms with E-state index in [0.717, 1.165) is 56.7 Å². The van der Waals surface area contributed by atoms with E-state index in [2.05, 4.69) is 57.8 Å². The van der Waals surface area contributed by atoms with Crippen LogP contribution in [0.3, 0.4) is 0 Å². The summed E-state index contributed by atoms with van der Waals surface area (Å²) in [7, 11) is 1.79. The Hall–Kier alpha value is -1.84. The van der Waals surface area contributed by atoms with Crippen molar-refractivity contribution in [3.05, 3.63) is 65.2 Å². The predicted molar refractivity (Wildman–Crippen MR) is 133 cm³/mol. The Morgan fingerprint density at radius 1 is 1.07 bits per heavy atom. The molecule has 2 N–H and O–H groups in total. The summed E-state index contributed by atoms with van der Waals surface area (Å²) in [4.78, 5) is 6.71. The summed E-state index contributed by atoms with van der Waals surface area (Å²) in [5.41, 5.74) is 3.61. The van der Waals surface area contributed by atoms with Crippen LogP contribution in [0.1, 0.15) is 16.7 Å². The minimum atomic E-state index is 0. The monoisotopic (exact) mass is 524 g/mol. The molecular formula is C23H33IN4O2. The molecule has 1 aliphatic rings. The van der Waals surface area contributed by atoms with E-state index in [4.69, 9.17) is 9.47 Å². The molecule has 1 aliphatic heterocycles. The molecule has 7 heteroatoms. The Labute approximate surface area is 197 Å². The van der Waals surface area contributed by atoms with Crippen LogP contribution in [0, 0.1) is 6.92 Å². The first-order valence-electron chi connectivity index (χ1n) is 10.3. The van der Waals surface area contributed by atoms with Gasteiger partial charge in [0, 0.05) is 45.3 Å². The zero-order valence-corrected chi connectivity index (χ0v) is 20.2. The molecule has 0 aromatic heterocycles. The highest BCUT2D eigenvalue weighted by atomic mass is 127. The highest BCUT2D eigenvalue weighted by Crippen LogP contribution is 2.17. The average molecular weight is 524 g/mol. The van der Waals surface area contributed by atoms with Crippen LogP contribution in [-0.2, 0) is 17.8 Å². The van der Waals surface area contributed by atoms with Gasteiger partial charge in [0.2, 0.25) is 0 Å². The third kappa shape index (κ3) is 8.12. The molecule has 0 amide bonds. The molecule has 0 radical (unpaired) electrons. The predicted octanol–water partition coefficient (Wildman–Crippen LogP) is 3.19. The van der Waals surface area contributed by atoms with Gasteiger partial charge in [-0.1, -0.05) is 48.0 Å². The van der Waals surface area contributed by atoms with Crippen molar-refractivity contribution in [3.8, 4) is 5.75 Å². The van der Waals surface area contributed by atoms with Crippen molar-refractivity contribution in [2.45, 2.75) is 20.0 Å². The lowest BCUT2D eigenvalue weighted by atomic mass is 10.1. The van der Waals surface area contributed by atoms with Crippen LogP contribution in [0.25, 0.3) is 0 Å². The Kier molecular flexibility index (Phi) is 11.0. The smallest absolute Gasteiger partial charge is 0.191 e. The minimum absolute atomic E-state index is 0. The van der Waals surface area contributed by atoms with Gasteiger partial charge in [-0.15, -0.1) is 24.0 Å². The minimum Gasteiger partial charge on any atom is -0.492 e. The summed E-state index contributed by atoms with van der Waals surface area (Å²) in [6.45, 7) is 8.68. The first-order chi connectivity index (χ1) is 14.2. The van der Waals surface area contributed by atoms with Gasteiger partial charge >= 0.3 is 0 Å². The van der Waals surface area contributed by atoms with E-state index >= 15 is 0 Å². The molecule has 0 spiro atoms. The van der Waals surface area contributed by atoms with Crippen molar-refractivity contribution in [2.75, 3.05) is 46.5 Å². The largest absolute Gasteiger partial charge is 0.492 e. The van der Waals surface area contributed by atoms with Gasteiger partial charge in [0.25, 0.3) is 0 Å². The molecule has 2 aromatic rings. The number of aryl methyl sites for hydroxylation is 1. The molecule has 0 unspecified atom stereocenters. The van der Waals surface area contributed by atoms with Crippen LogP contribution in [0.15, 0.2) is 53.5 Å². The molecule has 3 rings (SSSR count). The van der Waals surface area contributed by atoms with E-state index in [1.807, 2.05) is 18.2 Å². The number of guanidine groups is 1. The second-order valence-corrected chi connectivity index (χ2v) is 7.18. The van der Waals surface area contributed by atoms with E-state index in [1.54, 1.807) is 7.05 Å². The number of nitrogens with one attached hydrogen (secondary N) is 2. The summed E-state index contributed by atoms with van der Waals surface area (Å²) in [5, 5.41) is 6.75. The summed E-state index contributed by atoms with van der Waals surface area (Å²) in [6.07, 6.45) is 0. The van der Waals surface area contributed by atoms with E-state index in [0.29, 0.717) is 13.2 Å². The van der Waals surface area contributed by atoms with E-state index in [1.165, 1.54) is 11.1 Å². The number of morpholine rings is 1. The van der Waals surface area contributed by atoms with Gasteiger partial charge in [-0.05, 0) is 18.6 Å². The lowest BCUT2D eigenvalue weighted by molar-refractivity contribution is 0.0322. The highest BCUT2D eigenvalue weighted by Gasteiger charge is 2.10. The molecule has 0 bridgehead atoms. The Bertz CT molecular complexity index is 794. The Morgan fingerprint density at radius 2 is 1.83 bits per heavy atom. The quantitative estimate of drug-likeness (QED) is 0.316. The van der Waals surface area contributed by atoms with Crippen LogP contribution >= 0.6 is 24.0 Å². The first kappa shape index (κ1) is 24.4. The van der Waals surface area contributed by atoms with Crippen LogP contribution in [-0.4, -0.2) is 57.4 Å². The zero-order chi connectivity index (χ0) is 20.3. The van der Waals surface area contributed by atoms with Crippen molar-refractivity contribution in [1.82, 2.24) is 15.5 Å². The highest BCUT2D eigenvalue weighted by molar-refractivity contribution is 14.0. The molecule has 1 saturated heterocycles. The summed E-state index contributed by atoms with van der Waals surface area (Å²) >= 11 is 0. The molecule has 30 heavy (non-hydrogen) atoms. The maximum Gasteiger partial charge on any atom is 0.191 e. The van der Waals surface area contributed by atoms with Crippen molar-refractivity contribution in [3.63, 3.8) is 0 Å². The van der Waals surface area contributed by atoms with Gasteiger partial charge < -0.3 is 20.1 Å². The number of nitrogens with zero attached hydrogens (tertiary/aromatic N) is 2. The molecule has 6 nitrogen and oxygen atoms in total. The second kappa shape index (κ2) is 13.5. The molecule has 164 valence electrons. The van der Waals surface area contributed by atoms with Gasteiger partial charge in [0.15, 0.2) is 5.96 Å². The fourth-order valence-corrected chi connectivity index (χ4v) is 3.31. The van der Waals surface area contributed by atoms with Crippen molar-refractivity contribution in [1.29, 1.82) is 0 Å². The molecule has 1 heterocycles. The molecule has 0 saturated carbocycles. The molecule has 0 aliphatic carbocycles. The maximum absolute atomic E-state index is 6.07. The van der Waals surface area contributed by atoms with Gasteiger partial charge in [0.05, 0.1) is 13.2 Å². The summed E-state index contributed by atoms with van der Waals surface area (Å²) in [6, 6.07) is 16.6. The third-order valence-corrected chi connectivity index (χ3v) is 4.95. The zero-order valence-electron chi connectivity index (χ0n) is 17.9. The number of para-hydroxylation sites is 1. The van der Waals surface area contributed by atoms with Gasteiger partial charge in [-0.25, -0.2) is 0 Å². The Balaban J connectivity index is 0.00000320. The number of aliphatic imine (C=N–C) groups is 1. The lowest BCUT2D eigenvalue weighted by Gasteiger charge is -2.26. The lowest BCUT2D eigenvalue weighted by Crippen LogP contribution is -2.38. The van der Waals surface area contributed by atoms with Crippen molar-refractivity contribution in [2.24, 2.45) is 4.99 Å². The normalized spacial score (nSPS) is 14.7. The summed E-state index contributed by atoms with van der Waals surface area (Å²) in [5.74, 6) is 1.69.